The third kappa shape index (κ3) is 11.6. The predicted molar refractivity (Wildman–Crippen MR) is 93.2 cm³/mol. The van der Waals surface area contributed by atoms with Gasteiger partial charge in [-0.3, -0.25) is 0 Å². The van der Waals surface area contributed by atoms with Gasteiger partial charge in [0.2, 0.25) is 0 Å². The number of hydrogen-bond acceptors (Lipinski definition) is 5. The number of rotatable bonds is 10. The smallest absolute Gasteiger partial charge is 0.333 e. The molecule has 0 aliphatic rings. The zero-order valence-electron chi connectivity index (χ0n) is 14.1. The molecule has 0 N–H and O–H groups in total. The minimum absolute atomic E-state index is 0.00944. The first-order chi connectivity index (χ1) is 9.74. The van der Waals surface area contributed by atoms with Crippen molar-refractivity contribution in [3.8, 4) is 0 Å². The Hall–Kier alpha value is 0.0500. The Morgan fingerprint density at radius 2 is 1.59 bits per heavy atom. The van der Waals surface area contributed by atoms with Gasteiger partial charge >= 0.3 is 5.97 Å². The zero-order valence-corrected chi connectivity index (χ0v) is 17.3. The van der Waals surface area contributed by atoms with E-state index < -0.39 is 16.1 Å². The van der Waals surface area contributed by atoms with E-state index in [2.05, 4.69) is 38.4 Å². The highest BCUT2D eigenvalue weighted by Crippen LogP contribution is 2.23. The molecule has 0 amide bonds. The average molecular weight is 446 g/mol. The van der Waals surface area contributed by atoms with Crippen molar-refractivity contribution in [2.45, 2.75) is 56.0 Å². The van der Waals surface area contributed by atoms with E-state index in [1.54, 1.807) is 13.8 Å². The van der Waals surface area contributed by atoms with Gasteiger partial charge < -0.3 is 9.47 Å². The van der Waals surface area contributed by atoms with Gasteiger partial charge in [0.15, 0.2) is 5.60 Å². The Morgan fingerprint density at radius 1 is 1.05 bits per heavy atom. The molecule has 0 saturated heterocycles. The van der Waals surface area contributed by atoms with Crippen LogP contribution in [0.1, 0.15) is 41.5 Å². The van der Waals surface area contributed by atoms with Crippen LogP contribution in [0.4, 0.5) is 0 Å². The van der Waals surface area contributed by atoms with Crippen molar-refractivity contribution in [1.82, 2.24) is 0 Å². The summed E-state index contributed by atoms with van der Waals surface area (Å²) in [6.45, 7) is 15.0. The van der Waals surface area contributed by atoms with E-state index in [9.17, 15) is 4.79 Å². The Kier molecular flexibility index (Phi) is 8.80. The van der Waals surface area contributed by atoms with Crippen molar-refractivity contribution in [3.05, 3.63) is 12.2 Å². The van der Waals surface area contributed by atoms with Crippen molar-refractivity contribution in [2.75, 3.05) is 19.8 Å². The lowest BCUT2D eigenvalue weighted by molar-refractivity contribution is -0.373. The van der Waals surface area contributed by atoms with Crippen LogP contribution >= 0.6 is 31.9 Å². The van der Waals surface area contributed by atoms with Crippen molar-refractivity contribution >= 4 is 37.8 Å². The van der Waals surface area contributed by atoms with E-state index in [-0.39, 0.29) is 17.5 Å². The van der Waals surface area contributed by atoms with Gasteiger partial charge in [0.05, 0.1) is 13.2 Å². The van der Waals surface area contributed by atoms with Gasteiger partial charge in [0.1, 0.15) is 11.1 Å². The van der Waals surface area contributed by atoms with E-state index in [0.717, 1.165) is 0 Å². The van der Waals surface area contributed by atoms with Crippen molar-refractivity contribution in [3.63, 3.8) is 0 Å². The monoisotopic (exact) mass is 444 g/mol. The molecule has 0 aromatic rings. The summed E-state index contributed by atoms with van der Waals surface area (Å²) in [5.74, 6) is -0.478. The third-order valence-electron chi connectivity index (χ3n) is 2.24. The number of carbonyl (C=O) groups is 1. The normalized spacial score (nSPS) is 15.3. The summed E-state index contributed by atoms with van der Waals surface area (Å²) < 4.78 is 10.1. The molecule has 0 spiro atoms. The number of ether oxygens (including phenoxy) is 2. The van der Waals surface area contributed by atoms with Crippen LogP contribution in [-0.2, 0) is 24.0 Å². The summed E-state index contributed by atoms with van der Waals surface area (Å²) in [7, 11) is 0. The van der Waals surface area contributed by atoms with Crippen LogP contribution in [0, 0.1) is 0 Å². The first-order valence-corrected chi connectivity index (χ1v) is 8.48. The number of hydrogen-bond donors (Lipinski definition) is 0. The van der Waals surface area contributed by atoms with Crippen LogP contribution < -0.4 is 0 Å². The highest BCUT2D eigenvalue weighted by atomic mass is 79.9. The molecule has 0 aromatic heterocycles. The molecule has 0 heterocycles. The average Bonchev–Trinajstić information content (AvgIpc) is 2.31. The Balaban J connectivity index is 4.66. The van der Waals surface area contributed by atoms with Gasteiger partial charge in [0.25, 0.3) is 0 Å². The van der Waals surface area contributed by atoms with Gasteiger partial charge in [-0.05, 0) is 41.5 Å². The van der Waals surface area contributed by atoms with Crippen molar-refractivity contribution < 1.29 is 24.0 Å². The fourth-order valence-electron chi connectivity index (χ4n) is 1.07. The van der Waals surface area contributed by atoms with Gasteiger partial charge in [-0.15, -0.1) is 0 Å². The Labute approximate surface area is 149 Å². The number of esters is 1. The van der Waals surface area contributed by atoms with Crippen LogP contribution in [0.15, 0.2) is 12.2 Å². The molecule has 0 fully saturated rings. The largest absolute Gasteiger partial charge is 0.459 e. The second-order valence-corrected chi connectivity index (χ2v) is 10.6. The molecule has 130 valence electrons. The molecule has 0 rings (SSSR count). The summed E-state index contributed by atoms with van der Waals surface area (Å²) in [5.41, 5.74) is -0.611. The first kappa shape index (κ1) is 22.1. The van der Waals surface area contributed by atoms with Gasteiger partial charge in [-0.1, -0.05) is 38.4 Å². The molecule has 0 saturated carbocycles. The maximum absolute atomic E-state index is 11.5. The zero-order chi connectivity index (χ0) is 17.6. The van der Waals surface area contributed by atoms with E-state index in [0.29, 0.717) is 12.2 Å². The van der Waals surface area contributed by atoms with Crippen LogP contribution in [0.5, 0.6) is 0 Å². The second-order valence-electron chi connectivity index (χ2n) is 6.52. The lowest BCUT2D eigenvalue weighted by Gasteiger charge is -2.31. The molecule has 5 nitrogen and oxygen atoms in total. The Bertz CT molecular complexity index is 384. The number of carbonyl (C=O) groups excluding carboxylic acids is 1. The van der Waals surface area contributed by atoms with Crippen LogP contribution in [0.25, 0.3) is 0 Å². The summed E-state index contributed by atoms with van der Waals surface area (Å²) in [4.78, 5) is 22.3. The lowest BCUT2D eigenvalue weighted by Crippen LogP contribution is -2.43. The molecule has 1 atom stereocenters. The SMILES string of the molecule is C=C(C)C(=O)OCC(C)(COC(C)(C)Br)OOCC(C)(C)Br. The quantitative estimate of drug-likeness (QED) is 0.166. The van der Waals surface area contributed by atoms with Crippen LogP contribution in [0.3, 0.4) is 0 Å². The highest BCUT2D eigenvalue weighted by molar-refractivity contribution is 9.10. The maximum atomic E-state index is 11.5. The van der Waals surface area contributed by atoms with E-state index in [1.807, 2.05) is 27.7 Å². The van der Waals surface area contributed by atoms with Crippen LogP contribution in [0.2, 0.25) is 0 Å². The van der Waals surface area contributed by atoms with E-state index in [1.165, 1.54) is 0 Å². The standard InChI is InChI=1S/C15H26Br2O5/c1-11(2)12(18)19-9-15(7,10-20-14(5,6)17)22-21-8-13(3,4)16/h1,8-10H2,2-7H3. The Morgan fingerprint density at radius 3 is 2.00 bits per heavy atom. The summed E-state index contributed by atoms with van der Waals surface area (Å²) in [6.07, 6.45) is 0. The number of halogens is 2. The molecule has 7 heteroatoms. The minimum Gasteiger partial charge on any atom is -0.459 e. The molecule has 0 radical (unpaired) electrons. The molecule has 0 bridgehead atoms. The van der Waals surface area contributed by atoms with Crippen molar-refractivity contribution in [2.24, 2.45) is 0 Å². The summed E-state index contributed by atoms with van der Waals surface area (Å²) >= 11 is 6.84. The maximum Gasteiger partial charge on any atom is 0.333 e. The van der Waals surface area contributed by atoms with E-state index in [4.69, 9.17) is 19.2 Å². The molecule has 0 aliphatic heterocycles. The van der Waals surface area contributed by atoms with Crippen LogP contribution in [-0.4, -0.2) is 40.2 Å². The van der Waals surface area contributed by atoms with Gasteiger partial charge in [0, 0.05) is 9.90 Å². The molecular weight excluding hydrogens is 420 g/mol. The van der Waals surface area contributed by atoms with Gasteiger partial charge in [-0.2, -0.15) is 0 Å². The fraction of sp³-hybridized carbons (Fsp3) is 0.800. The lowest BCUT2D eigenvalue weighted by atomic mass is 10.1. The predicted octanol–water partition coefficient (Wildman–Crippen LogP) is 4.13. The number of alkyl halides is 2. The topological polar surface area (TPSA) is 54.0 Å². The fourth-order valence-corrected chi connectivity index (χ4v) is 1.28. The molecular formula is C15H26Br2O5. The minimum atomic E-state index is -0.936. The summed E-state index contributed by atoms with van der Waals surface area (Å²) in [5, 5.41) is 0. The molecule has 0 aromatic carbocycles. The van der Waals surface area contributed by atoms with Gasteiger partial charge in [-0.25, -0.2) is 14.6 Å². The van der Waals surface area contributed by atoms with E-state index >= 15 is 0 Å². The molecule has 0 aliphatic carbocycles. The van der Waals surface area contributed by atoms with Crippen molar-refractivity contribution in [1.29, 1.82) is 0 Å². The molecule has 1 unspecified atom stereocenters. The highest BCUT2D eigenvalue weighted by Gasteiger charge is 2.33. The first-order valence-electron chi connectivity index (χ1n) is 6.89. The summed E-state index contributed by atoms with van der Waals surface area (Å²) in [6, 6.07) is 0. The second kappa shape index (κ2) is 8.78. The molecule has 22 heavy (non-hydrogen) atoms. The third-order valence-corrected chi connectivity index (χ3v) is 2.70.